The van der Waals surface area contributed by atoms with Crippen LogP contribution in [0.5, 0.6) is 11.5 Å². The zero-order valence-electron chi connectivity index (χ0n) is 45.8. The fourth-order valence-electron chi connectivity index (χ4n) is 15.4. The normalized spacial score (nSPS) is 31.9. The molecule has 6 aliphatic rings. The number of phenolic OH excluding ortho intramolecular Hbond substituents is 1. The van der Waals surface area contributed by atoms with Gasteiger partial charge in [-0.1, -0.05) is 106 Å². The molecule has 78 heavy (non-hydrogen) atoms. The number of phenols is 1. The quantitative estimate of drug-likeness (QED) is 0.0641. The van der Waals surface area contributed by atoms with E-state index in [1.807, 2.05) is 30.3 Å². The van der Waals surface area contributed by atoms with E-state index in [4.69, 9.17) is 4.74 Å². The molecule has 11 bridgehead atoms. The van der Waals surface area contributed by atoms with Crippen LogP contribution in [0.15, 0.2) is 115 Å². The lowest BCUT2D eigenvalue weighted by atomic mass is 9.57. The largest absolute Gasteiger partial charge is 0.504 e. The second kappa shape index (κ2) is 23.3. The van der Waals surface area contributed by atoms with Crippen LogP contribution in [0.1, 0.15) is 136 Å². The zero-order chi connectivity index (χ0) is 54.1. The van der Waals surface area contributed by atoms with Gasteiger partial charge in [0.05, 0.1) is 25.2 Å². The van der Waals surface area contributed by atoms with Gasteiger partial charge in [0.2, 0.25) is 0 Å². The van der Waals surface area contributed by atoms with Gasteiger partial charge >= 0.3 is 0 Å². The number of Topliss-reactive ketones (excluding diaryl/α,β-unsaturated/α-hetero) is 2. The molecular formula is C67H80N4O7. The van der Waals surface area contributed by atoms with Crippen LogP contribution in [0, 0.1) is 53.3 Å². The van der Waals surface area contributed by atoms with Gasteiger partial charge in [-0.25, -0.2) is 0 Å². The van der Waals surface area contributed by atoms with E-state index in [1.54, 1.807) is 12.1 Å². The number of benzene rings is 4. The van der Waals surface area contributed by atoms with Crippen LogP contribution in [0.3, 0.4) is 0 Å². The molecule has 13 unspecified atom stereocenters. The molecule has 11 heteroatoms. The number of nitrogens with one attached hydrogen (secondary N) is 4. The molecule has 11 nitrogen and oxygen atoms in total. The number of aromatic amines is 1. The number of carbonyl (C=O) groups excluding carboxylic acids is 2. The molecule has 410 valence electrons. The molecule has 4 aliphatic carbocycles. The zero-order valence-corrected chi connectivity index (χ0v) is 45.8. The number of aliphatic hydroxyl groups is 3. The van der Waals surface area contributed by atoms with E-state index in [0.717, 1.165) is 102 Å². The average Bonchev–Trinajstić information content (AvgIpc) is 4.07. The number of ketones is 2. The van der Waals surface area contributed by atoms with Crippen molar-refractivity contribution in [1.29, 1.82) is 0 Å². The number of hydrogen-bond donors (Lipinski definition) is 8. The fraction of sp³-hybridized carbons (Fsp3) is 0.493. The maximum absolute atomic E-state index is 15.4. The predicted molar refractivity (Wildman–Crippen MR) is 307 cm³/mol. The summed E-state index contributed by atoms with van der Waals surface area (Å²) < 4.78 is 5.56. The second-order valence-electron chi connectivity index (χ2n) is 24.1. The van der Waals surface area contributed by atoms with Crippen molar-refractivity contribution in [2.45, 2.75) is 139 Å². The summed E-state index contributed by atoms with van der Waals surface area (Å²) in [6, 6.07) is 28.6. The van der Waals surface area contributed by atoms with E-state index in [0.29, 0.717) is 45.3 Å². The van der Waals surface area contributed by atoms with Gasteiger partial charge in [0.25, 0.3) is 0 Å². The van der Waals surface area contributed by atoms with Crippen LogP contribution in [-0.2, 0) is 27.8 Å². The number of β-amino-alcohol motifs (C(OH)–C–C–N with tert-alkyl or cyclic N) is 1. The molecule has 0 saturated heterocycles. The summed E-state index contributed by atoms with van der Waals surface area (Å²) in [5.41, 5.74) is 7.40. The van der Waals surface area contributed by atoms with Gasteiger partial charge in [-0.15, -0.1) is 0 Å². The highest BCUT2D eigenvalue weighted by atomic mass is 16.5. The first-order chi connectivity index (χ1) is 37.9. The molecule has 0 radical (unpaired) electrons. The summed E-state index contributed by atoms with van der Waals surface area (Å²) in [7, 11) is 1.50. The van der Waals surface area contributed by atoms with Crippen LogP contribution >= 0.6 is 0 Å². The number of dihydropyridines is 1. The fourth-order valence-corrected chi connectivity index (χ4v) is 15.4. The Morgan fingerprint density at radius 1 is 0.833 bits per heavy atom. The molecule has 11 rings (SSSR count). The number of rotatable bonds is 3. The summed E-state index contributed by atoms with van der Waals surface area (Å²) in [4.78, 5) is 33.5. The summed E-state index contributed by atoms with van der Waals surface area (Å²) in [6.07, 6.45) is 13.5. The molecular weight excluding hydrogens is 973 g/mol. The van der Waals surface area contributed by atoms with Crippen molar-refractivity contribution in [1.82, 2.24) is 15.6 Å². The number of ether oxygens (including phenoxy) is 1. The molecule has 3 fully saturated rings. The number of aliphatic hydroxyl groups excluding tert-OH is 3. The molecule has 3 saturated carbocycles. The number of aromatic hydroxyl groups is 1. The summed E-state index contributed by atoms with van der Waals surface area (Å²) >= 11 is 0. The van der Waals surface area contributed by atoms with E-state index >= 15 is 4.79 Å². The number of hydrogen-bond acceptors (Lipinski definition) is 10. The maximum Gasteiger partial charge on any atom is 0.173 e. The van der Waals surface area contributed by atoms with Crippen molar-refractivity contribution in [2.75, 3.05) is 32.1 Å². The lowest BCUT2D eigenvalue weighted by molar-refractivity contribution is -0.142. The Morgan fingerprint density at radius 2 is 1.68 bits per heavy atom. The van der Waals surface area contributed by atoms with E-state index in [9.17, 15) is 25.2 Å². The van der Waals surface area contributed by atoms with Crippen molar-refractivity contribution in [3.8, 4) is 23.3 Å². The van der Waals surface area contributed by atoms with Crippen LogP contribution in [0.4, 0.5) is 5.69 Å². The van der Waals surface area contributed by atoms with Crippen LogP contribution in [0.2, 0.25) is 0 Å². The highest BCUT2D eigenvalue weighted by Gasteiger charge is 2.56. The molecule has 0 amide bonds. The standard InChI is InChI=1S/C67H80N4O7/c1-4-44-15-19-52-12-8-9-24-67(52)61-35-51(38-70-61)40(2)37-68-39-54(72)30-41-13-14-45-16-20-53(32-49(45)27-41)71-62-31-42(23-25-69-62)26-43-28-47-17-21-55(46-10-6-5-7-11-46)56-36-59(74)60(78-3)34-48(56)18-22-58(73)65(76)64(75)57(47)33-50(29-43)63(44)66(67)77/h5-7,10-11,13-14,16,20,23,27,31-32,34-36,38,40,43-44,47,50,52,54-55,57,63,65-66,68-72,74,76-77H,4,8-9,12,15,18-19,22,24-26,28-30,33,37,39H2,1-3H3. The molecule has 13 atom stereocenters. The van der Waals surface area contributed by atoms with Crippen molar-refractivity contribution < 1.29 is 34.8 Å². The first-order valence-corrected chi connectivity index (χ1v) is 29.3. The minimum atomic E-state index is -1.82. The number of fused-ring (bicyclic) bond motifs is 11. The Balaban J connectivity index is 1.05. The smallest absolute Gasteiger partial charge is 0.173 e. The molecule has 1 spiro atoms. The molecule has 1 aromatic heterocycles. The minimum absolute atomic E-state index is 0.0250. The monoisotopic (exact) mass is 1050 g/mol. The number of carbonyl (C=O) groups is 2. The van der Waals surface area contributed by atoms with Gasteiger partial charge in [0.1, 0.15) is 5.82 Å². The van der Waals surface area contributed by atoms with Gasteiger partial charge in [0, 0.05) is 60.9 Å². The third kappa shape index (κ3) is 11.0. The number of H-pyrrole nitrogens is 1. The summed E-state index contributed by atoms with van der Waals surface area (Å²) in [5, 5.41) is 61.6. The van der Waals surface area contributed by atoms with E-state index in [1.165, 1.54) is 18.2 Å². The minimum Gasteiger partial charge on any atom is -0.504 e. The maximum atomic E-state index is 15.4. The third-order valence-corrected chi connectivity index (χ3v) is 19.4. The number of methoxy groups -OCH3 is 1. The Kier molecular flexibility index (Phi) is 16.1. The third-order valence-electron chi connectivity index (χ3n) is 19.4. The average molecular weight is 1050 g/mol. The molecule has 4 aromatic carbocycles. The van der Waals surface area contributed by atoms with E-state index in [-0.39, 0.29) is 59.8 Å². The molecule has 2 aliphatic heterocycles. The Labute approximate surface area is 460 Å². The highest BCUT2D eigenvalue weighted by molar-refractivity contribution is 6.06. The molecule has 8 N–H and O–H groups in total. The Morgan fingerprint density at radius 3 is 2.51 bits per heavy atom. The Bertz CT molecular complexity index is 3110. The first kappa shape index (κ1) is 53.8. The van der Waals surface area contributed by atoms with Crippen molar-refractivity contribution in [3.05, 3.63) is 148 Å². The lowest BCUT2D eigenvalue weighted by Gasteiger charge is -2.50. The highest BCUT2D eigenvalue weighted by Crippen LogP contribution is 2.57. The predicted octanol–water partition coefficient (Wildman–Crippen LogP) is 10.5. The lowest BCUT2D eigenvalue weighted by Crippen LogP contribution is -2.52. The number of anilines is 1. The van der Waals surface area contributed by atoms with Gasteiger partial charge in [-0.3, -0.25) is 9.59 Å². The van der Waals surface area contributed by atoms with Crippen LogP contribution < -0.4 is 20.7 Å². The van der Waals surface area contributed by atoms with Gasteiger partial charge in [-0.2, -0.15) is 0 Å². The van der Waals surface area contributed by atoms with E-state index in [2.05, 4.69) is 107 Å². The van der Waals surface area contributed by atoms with Crippen LogP contribution in [-0.4, -0.2) is 82.0 Å². The summed E-state index contributed by atoms with van der Waals surface area (Å²) in [5.74, 6) is 6.17. The van der Waals surface area contributed by atoms with Gasteiger partial charge < -0.3 is 46.1 Å². The Hall–Kier alpha value is -6.16. The van der Waals surface area contributed by atoms with Crippen LogP contribution in [0.25, 0.3) is 10.8 Å². The second-order valence-corrected chi connectivity index (χ2v) is 24.1. The number of aromatic nitrogens is 1. The van der Waals surface area contributed by atoms with Crippen molar-refractivity contribution in [3.63, 3.8) is 0 Å². The van der Waals surface area contributed by atoms with Gasteiger partial charge in [-0.05, 0) is 180 Å². The SMILES string of the molecule is CCC1CCC2CCCCC23c2cc(c[nH]2)C(C)CNCC(O)Cc2ccc4ccc(cc4c2)NC2=CC(=CCN2)CC2CC4C#CC(c5ccccc5)c5cc(O)c(OC)cc5CCC(=O)C(O)C(=O)C4CC(C2)C1C3O. The topological polar surface area (TPSA) is 176 Å². The van der Waals surface area contributed by atoms with Gasteiger partial charge in [0.15, 0.2) is 29.2 Å². The van der Waals surface area contributed by atoms with Crippen molar-refractivity contribution in [2.24, 2.45) is 41.4 Å². The first-order valence-electron chi connectivity index (χ1n) is 29.3. The van der Waals surface area contributed by atoms with E-state index < -0.39 is 53.0 Å². The molecule has 3 heterocycles. The van der Waals surface area contributed by atoms with Crippen molar-refractivity contribution >= 4 is 28.0 Å². The number of allylic oxidation sites excluding steroid dienone is 2. The number of aryl methyl sites for hydroxylation is 1. The molecule has 5 aromatic rings. The summed E-state index contributed by atoms with van der Waals surface area (Å²) in [6.45, 7) is 6.27.